The number of nitrogens with zero attached hydrogens (tertiary/aromatic N) is 1. The molecule has 1 unspecified atom stereocenters. The molecule has 0 bridgehead atoms. The van der Waals surface area contributed by atoms with Crippen LogP contribution in [0.5, 0.6) is 5.75 Å². The van der Waals surface area contributed by atoms with Gasteiger partial charge in [-0.25, -0.2) is 0 Å². The summed E-state index contributed by atoms with van der Waals surface area (Å²) in [4.78, 5) is 14.3. The van der Waals surface area contributed by atoms with Gasteiger partial charge in [0.1, 0.15) is 5.75 Å². The zero-order chi connectivity index (χ0) is 15.2. The molecule has 2 aliphatic rings. The molecule has 1 atom stereocenters. The monoisotopic (exact) mass is 327 g/mol. The van der Waals surface area contributed by atoms with Gasteiger partial charge in [-0.1, -0.05) is 37.0 Å². The predicted molar refractivity (Wildman–Crippen MR) is 84.0 cm³/mol. The minimum atomic E-state index is 0.0284. The molecule has 1 saturated carbocycles. The molecular weight excluding hydrogens is 309 g/mol. The molecule has 3 rings (SSSR count). The molecule has 0 aromatic heterocycles. The second-order valence-corrected chi connectivity index (χ2v) is 7.50. The highest BCUT2D eigenvalue weighted by molar-refractivity contribution is 6.35. The van der Waals surface area contributed by atoms with E-state index in [9.17, 15) is 4.79 Å². The van der Waals surface area contributed by atoms with Gasteiger partial charge >= 0.3 is 0 Å². The molecule has 0 N–H and O–H groups in total. The van der Waals surface area contributed by atoms with Crippen LogP contribution in [0, 0.1) is 11.3 Å². The minimum Gasteiger partial charge on any atom is -0.482 e. The van der Waals surface area contributed by atoms with E-state index in [4.69, 9.17) is 27.9 Å². The van der Waals surface area contributed by atoms with Gasteiger partial charge in [-0.2, -0.15) is 0 Å². The molecule has 1 aromatic carbocycles. The van der Waals surface area contributed by atoms with Crippen LogP contribution in [0.2, 0.25) is 10.0 Å². The van der Waals surface area contributed by atoms with Crippen molar-refractivity contribution in [1.29, 1.82) is 0 Å². The first-order valence-corrected chi connectivity index (χ1v) is 8.01. The number of carbonyl (C=O) groups excluding carboxylic acids is 1. The lowest BCUT2D eigenvalue weighted by Crippen LogP contribution is -2.65. The van der Waals surface area contributed by atoms with Crippen LogP contribution in [0.1, 0.15) is 26.7 Å². The van der Waals surface area contributed by atoms with Crippen molar-refractivity contribution in [1.82, 2.24) is 4.90 Å². The largest absolute Gasteiger partial charge is 0.482 e. The van der Waals surface area contributed by atoms with Gasteiger partial charge in [0.2, 0.25) is 0 Å². The Bertz CT molecular complexity index is 569. The third-order valence-corrected chi connectivity index (χ3v) is 4.88. The van der Waals surface area contributed by atoms with Gasteiger partial charge in [-0.05, 0) is 37.0 Å². The number of carbonyl (C=O) groups is 1. The number of benzene rings is 1. The van der Waals surface area contributed by atoms with Crippen molar-refractivity contribution in [2.24, 2.45) is 11.3 Å². The lowest BCUT2D eigenvalue weighted by molar-refractivity contribution is -0.155. The van der Waals surface area contributed by atoms with Gasteiger partial charge in [0.15, 0.2) is 6.61 Å². The highest BCUT2D eigenvalue weighted by Crippen LogP contribution is 2.50. The fraction of sp³-hybridized carbons (Fsp3) is 0.562. The molecule has 0 spiro atoms. The van der Waals surface area contributed by atoms with Gasteiger partial charge in [0.05, 0.1) is 5.02 Å². The summed E-state index contributed by atoms with van der Waals surface area (Å²) in [6.07, 6.45) is 2.48. The summed E-state index contributed by atoms with van der Waals surface area (Å²) < 4.78 is 5.55. The van der Waals surface area contributed by atoms with Crippen LogP contribution in [0.25, 0.3) is 0 Å². The zero-order valence-corrected chi connectivity index (χ0v) is 13.7. The first-order valence-electron chi connectivity index (χ1n) is 7.26. The fourth-order valence-corrected chi connectivity index (χ4v) is 3.77. The van der Waals surface area contributed by atoms with E-state index in [2.05, 4.69) is 13.8 Å². The predicted octanol–water partition coefficient (Wildman–Crippen LogP) is 4.02. The number of amides is 1. The Morgan fingerprint density at radius 1 is 1.38 bits per heavy atom. The van der Waals surface area contributed by atoms with E-state index < -0.39 is 0 Å². The number of ether oxygens (including phenoxy) is 1. The topological polar surface area (TPSA) is 29.5 Å². The third kappa shape index (κ3) is 3.00. The van der Waals surface area contributed by atoms with Crippen LogP contribution in [-0.4, -0.2) is 30.0 Å². The normalized spacial score (nSPS) is 23.6. The maximum Gasteiger partial charge on any atom is 0.260 e. The number of halogens is 2. The summed E-state index contributed by atoms with van der Waals surface area (Å²) in [7, 11) is 0. The number of rotatable bonds is 4. The molecule has 114 valence electrons. The quantitative estimate of drug-likeness (QED) is 0.835. The van der Waals surface area contributed by atoms with Crippen molar-refractivity contribution in [3.8, 4) is 5.75 Å². The van der Waals surface area contributed by atoms with Crippen LogP contribution in [-0.2, 0) is 4.79 Å². The highest BCUT2D eigenvalue weighted by atomic mass is 35.5. The van der Waals surface area contributed by atoms with Gasteiger partial charge in [-0.3, -0.25) is 4.79 Å². The molecule has 0 radical (unpaired) electrons. The standard InChI is InChI=1S/C16H19Cl2NO2/c1-16(2)9-19(15(16)10-3-4-10)14(20)8-21-13-6-5-11(17)7-12(13)18/h5-7,10,15H,3-4,8-9H2,1-2H3. The molecule has 1 aliphatic heterocycles. The summed E-state index contributed by atoms with van der Waals surface area (Å²) in [6.45, 7) is 5.30. The van der Waals surface area contributed by atoms with Gasteiger partial charge in [0, 0.05) is 23.0 Å². The van der Waals surface area contributed by atoms with Gasteiger partial charge < -0.3 is 9.64 Å². The second-order valence-electron chi connectivity index (χ2n) is 6.66. The Morgan fingerprint density at radius 2 is 2.10 bits per heavy atom. The molecule has 21 heavy (non-hydrogen) atoms. The highest BCUT2D eigenvalue weighted by Gasteiger charge is 2.54. The third-order valence-electron chi connectivity index (χ3n) is 4.35. The molecule has 3 nitrogen and oxygen atoms in total. The van der Waals surface area contributed by atoms with E-state index in [0.29, 0.717) is 27.8 Å². The Labute approximate surface area is 135 Å². The molecule has 1 aliphatic carbocycles. The van der Waals surface area contributed by atoms with Crippen LogP contribution in [0.3, 0.4) is 0 Å². The number of likely N-dealkylation sites (tertiary alicyclic amines) is 1. The molecule has 5 heteroatoms. The van der Waals surface area contributed by atoms with E-state index in [-0.39, 0.29) is 17.9 Å². The lowest BCUT2D eigenvalue weighted by atomic mass is 9.72. The minimum absolute atomic E-state index is 0.0284. The van der Waals surface area contributed by atoms with E-state index in [1.165, 1.54) is 12.8 Å². The van der Waals surface area contributed by atoms with Gasteiger partial charge in [0.25, 0.3) is 5.91 Å². The summed E-state index contributed by atoms with van der Waals surface area (Å²) in [6, 6.07) is 5.38. The van der Waals surface area contributed by atoms with Crippen molar-refractivity contribution in [3.05, 3.63) is 28.2 Å². The Kier molecular flexibility index (Phi) is 3.83. The van der Waals surface area contributed by atoms with Crippen molar-refractivity contribution < 1.29 is 9.53 Å². The smallest absolute Gasteiger partial charge is 0.260 e. The van der Waals surface area contributed by atoms with Crippen LogP contribution in [0.15, 0.2) is 18.2 Å². The average Bonchev–Trinajstić information content (AvgIpc) is 3.19. The lowest BCUT2D eigenvalue weighted by Gasteiger charge is -2.54. The summed E-state index contributed by atoms with van der Waals surface area (Å²) in [5.74, 6) is 1.21. The van der Waals surface area contributed by atoms with E-state index in [0.717, 1.165) is 6.54 Å². The fourth-order valence-electron chi connectivity index (χ4n) is 3.30. The maximum atomic E-state index is 12.3. The summed E-state index contributed by atoms with van der Waals surface area (Å²) in [5, 5.41) is 0.981. The summed E-state index contributed by atoms with van der Waals surface area (Å²) in [5.41, 5.74) is 0.231. The number of hydrogen-bond acceptors (Lipinski definition) is 2. The first kappa shape index (κ1) is 15.0. The first-order chi connectivity index (χ1) is 9.88. The Hall–Kier alpha value is -0.930. The van der Waals surface area contributed by atoms with Crippen molar-refractivity contribution in [2.45, 2.75) is 32.7 Å². The van der Waals surface area contributed by atoms with Crippen LogP contribution in [0.4, 0.5) is 0 Å². The number of hydrogen-bond donors (Lipinski definition) is 0. The Morgan fingerprint density at radius 3 is 2.67 bits per heavy atom. The van der Waals surface area contributed by atoms with E-state index in [1.54, 1.807) is 18.2 Å². The second kappa shape index (κ2) is 5.36. The van der Waals surface area contributed by atoms with Crippen molar-refractivity contribution in [2.75, 3.05) is 13.2 Å². The molecule has 2 fully saturated rings. The van der Waals surface area contributed by atoms with Crippen LogP contribution < -0.4 is 4.74 Å². The van der Waals surface area contributed by atoms with Crippen LogP contribution >= 0.6 is 23.2 Å². The Balaban J connectivity index is 1.59. The summed E-state index contributed by atoms with van der Waals surface area (Å²) >= 11 is 11.9. The molecule has 1 amide bonds. The zero-order valence-electron chi connectivity index (χ0n) is 12.2. The average molecular weight is 328 g/mol. The molecule has 1 heterocycles. The van der Waals surface area contributed by atoms with E-state index >= 15 is 0 Å². The maximum absolute atomic E-state index is 12.3. The molecule has 1 saturated heterocycles. The van der Waals surface area contributed by atoms with Crippen molar-refractivity contribution in [3.63, 3.8) is 0 Å². The van der Waals surface area contributed by atoms with Crippen molar-refractivity contribution >= 4 is 29.1 Å². The van der Waals surface area contributed by atoms with E-state index in [1.807, 2.05) is 4.90 Å². The SMILES string of the molecule is CC1(C)CN(C(=O)COc2ccc(Cl)cc2Cl)C1C1CC1. The molecular formula is C16H19Cl2NO2. The molecule has 1 aromatic rings. The van der Waals surface area contributed by atoms with Gasteiger partial charge in [-0.15, -0.1) is 0 Å².